The summed E-state index contributed by atoms with van der Waals surface area (Å²) in [6.07, 6.45) is 0. The van der Waals surface area contributed by atoms with Crippen LogP contribution >= 0.6 is 15.9 Å². The molecule has 64 valence electrons. The quantitative estimate of drug-likeness (QED) is 0.663. The second kappa shape index (κ2) is 3.13. The fraction of sp³-hybridized carbons (Fsp3) is 0.333. The first-order valence-corrected chi connectivity index (χ1v) is 4.71. The van der Waals surface area contributed by atoms with Crippen LogP contribution in [0.3, 0.4) is 0 Å². The van der Waals surface area contributed by atoms with Crippen molar-refractivity contribution < 1.29 is 5.11 Å². The highest BCUT2D eigenvalue weighted by Gasteiger charge is 2.10. The standard InChI is InChI=1S/C9H12BBrO/c1-4-5(2)9(12)6(3)7(10)8(4)11/h12H,10H2,1-3H3. The Kier molecular flexibility index (Phi) is 2.52. The lowest BCUT2D eigenvalue weighted by Gasteiger charge is -2.12. The van der Waals surface area contributed by atoms with Crippen LogP contribution in [0.25, 0.3) is 0 Å². The molecule has 0 aliphatic carbocycles. The van der Waals surface area contributed by atoms with Crippen LogP contribution in [0.15, 0.2) is 4.47 Å². The molecular formula is C9H12BBrO. The molecule has 1 N–H and O–H groups in total. The average Bonchev–Trinajstić information content (AvgIpc) is 2.08. The molecule has 0 atom stereocenters. The second-order valence-electron chi connectivity index (χ2n) is 3.16. The maximum Gasteiger partial charge on any atom is 0.141 e. The van der Waals surface area contributed by atoms with Gasteiger partial charge >= 0.3 is 0 Å². The predicted molar refractivity (Wildman–Crippen MR) is 58.2 cm³/mol. The van der Waals surface area contributed by atoms with Crippen molar-refractivity contribution in [1.29, 1.82) is 0 Å². The van der Waals surface area contributed by atoms with Crippen molar-refractivity contribution in [3.8, 4) is 5.75 Å². The third-order valence-electron chi connectivity index (χ3n) is 2.49. The molecule has 0 saturated carbocycles. The Balaban J connectivity index is 3.60. The van der Waals surface area contributed by atoms with E-state index in [2.05, 4.69) is 15.9 Å². The summed E-state index contributed by atoms with van der Waals surface area (Å²) < 4.78 is 1.11. The Morgan fingerprint density at radius 3 is 2.08 bits per heavy atom. The minimum absolute atomic E-state index is 0.424. The maximum absolute atomic E-state index is 9.67. The number of hydrogen-bond donors (Lipinski definition) is 1. The third kappa shape index (κ3) is 1.26. The lowest BCUT2D eigenvalue weighted by molar-refractivity contribution is 0.467. The van der Waals surface area contributed by atoms with Gasteiger partial charge in [0.05, 0.1) is 0 Å². The van der Waals surface area contributed by atoms with Crippen molar-refractivity contribution in [3.05, 3.63) is 21.2 Å². The fourth-order valence-corrected chi connectivity index (χ4v) is 1.84. The van der Waals surface area contributed by atoms with Gasteiger partial charge in [-0.05, 0) is 37.5 Å². The van der Waals surface area contributed by atoms with Gasteiger partial charge in [0, 0.05) is 4.47 Å². The molecule has 0 unspecified atom stereocenters. The molecule has 12 heavy (non-hydrogen) atoms. The van der Waals surface area contributed by atoms with Crippen LogP contribution in [0.1, 0.15) is 16.7 Å². The molecule has 0 aliphatic rings. The van der Waals surface area contributed by atoms with Gasteiger partial charge in [-0.3, -0.25) is 0 Å². The Bertz CT molecular complexity index is 229. The molecule has 0 amide bonds. The van der Waals surface area contributed by atoms with Crippen molar-refractivity contribution in [3.63, 3.8) is 0 Å². The molecule has 1 nitrogen and oxygen atoms in total. The summed E-state index contributed by atoms with van der Waals surface area (Å²) in [6.45, 7) is 5.87. The normalized spacial score (nSPS) is 10.3. The van der Waals surface area contributed by atoms with E-state index < -0.39 is 0 Å². The van der Waals surface area contributed by atoms with Crippen LogP contribution in [0.2, 0.25) is 0 Å². The summed E-state index contributed by atoms with van der Waals surface area (Å²) in [5.41, 5.74) is 4.17. The molecule has 3 heteroatoms. The highest BCUT2D eigenvalue weighted by molar-refractivity contribution is 9.10. The van der Waals surface area contributed by atoms with Gasteiger partial charge in [0.2, 0.25) is 0 Å². The maximum atomic E-state index is 9.67. The fourth-order valence-electron chi connectivity index (χ4n) is 1.25. The number of rotatable bonds is 0. The number of phenolic OH excluding ortho intramolecular Hbond substituents is 1. The van der Waals surface area contributed by atoms with Gasteiger partial charge in [-0.15, -0.1) is 0 Å². The van der Waals surface area contributed by atoms with Crippen LogP contribution < -0.4 is 5.46 Å². The molecule has 0 bridgehead atoms. The molecule has 0 aromatic heterocycles. The second-order valence-corrected chi connectivity index (χ2v) is 3.96. The predicted octanol–water partition coefficient (Wildman–Crippen LogP) is 1.34. The van der Waals surface area contributed by atoms with E-state index in [1.165, 1.54) is 0 Å². The summed E-state index contributed by atoms with van der Waals surface area (Å²) in [6, 6.07) is 0. The zero-order valence-corrected chi connectivity index (χ0v) is 9.41. The molecule has 0 spiro atoms. The lowest BCUT2D eigenvalue weighted by Crippen LogP contribution is -2.12. The Labute approximate surface area is 82.3 Å². The third-order valence-corrected chi connectivity index (χ3v) is 3.68. The zero-order chi connectivity index (χ0) is 9.46. The first kappa shape index (κ1) is 9.65. The van der Waals surface area contributed by atoms with E-state index in [-0.39, 0.29) is 0 Å². The van der Waals surface area contributed by atoms with Crippen LogP contribution in [0.4, 0.5) is 0 Å². The van der Waals surface area contributed by atoms with Crippen molar-refractivity contribution in [2.24, 2.45) is 0 Å². The number of phenols is 1. The highest BCUT2D eigenvalue weighted by atomic mass is 79.9. The van der Waals surface area contributed by atoms with E-state index in [9.17, 15) is 5.11 Å². The smallest absolute Gasteiger partial charge is 0.141 e. The molecule has 0 radical (unpaired) electrons. The zero-order valence-electron chi connectivity index (χ0n) is 7.83. The average molecular weight is 227 g/mol. The number of aromatic hydroxyl groups is 1. The number of benzene rings is 1. The van der Waals surface area contributed by atoms with Gasteiger partial charge in [-0.25, -0.2) is 0 Å². The van der Waals surface area contributed by atoms with E-state index in [0.29, 0.717) is 5.75 Å². The molecule has 1 aromatic carbocycles. The van der Waals surface area contributed by atoms with Gasteiger partial charge < -0.3 is 5.11 Å². The highest BCUT2D eigenvalue weighted by Crippen LogP contribution is 2.27. The monoisotopic (exact) mass is 226 g/mol. The van der Waals surface area contributed by atoms with Crippen LogP contribution in [0.5, 0.6) is 5.75 Å². The summed E-state index contributed by atoms with van der Waals surface area (Å²) in [4.78, 5) is 0. The van der Waals surface area contributed by atoms with E-state index in [1.807, 2.05) is 28.6 Å². The van der Waals surface area contributed by atoms with E-state index >= 15 is 0 Å². The van der Waals surface area contributed by atoms with Gasteiger partial charge in [-0.2, -0.15) is 0 Å². The Morgan fingerprint density at radius 2 is 1.58 bits per heavy atom. The largest absolute Gasteiger partial charge is 0.507 e. The SMILES string of the molecule is Bc1c(C)c(O)c(C)c(C)c1Br. The minimum Gasteiger partial charge on any atom is -0.507 e. The molecule has 0 heterocycles. The summed E-state index contributed by atoms with van der Waals surface area (Å²) in [5.74, 6) is 0.424. The first-order valence-electron chi connectivity index (χ1n) is 3.91. The van der Waals surface area contributed by atoms with Crippen LogP contribution in [-0.2, 0) is 0 Å². The van der Waals surface area contributed by atoms with Gasteiger partial charge in [0.1, 0.15) is 13.6 Å². The minimum atomic E-state index is 0.424. The van der Waals surface area contributed by atoms with Crippen molar-refractivity contribution in [2.45, 2.75) is 20.8 Å². The van der Waals surface area contributed by atoms with Crippen molar-refractivity contribution in [1.82, 2.24) is 0 Å². The topological polar surface area (TPSA) is 20.2 Å². The van der Waals surface area contributed by atoms with Crippen molar-refractivity contribution in [2.75, 3.05) is 0 Å². The summed E-state index contributed by atoms with van der Waals surface area (Å²) >= 11 is 3.50. The van der Waals surface area contributed by atoms with Crippen LogP contribution in [0, 0.1) is 20.8 Å². The summed E-state index contributed by atoms with van der Waals surface area (Å²) in [7, 11) is 2.01. The first-order chi connectivity index (χ1) is 5.46. The molecule has 1 rings (SSSR count). The Morgan fingerprint density at radius 1 is 1.08 bits per heavy atom. The van der Waals surface area contributed by atoms with E-state index in [4.69, 9.17) is 0 Å². The van der Waals surface area contributed by atoms with E-state index in [0.717, 1.165) is 26.6 Å². The lowest BCUT2D eigenvalue weighted by atomic mass is 9.87. The molecular weight excluding hydrogens is 215 g/mol. The molecule has 1 aromatic rings. The summed E-state index contributed by atoms with van der Waals surface area (Å²) in [5, 5.41) is 9.67. The van der Waals surface area contributed by atoms with E-state index in [1.54, 1.807) is 0 Å². The van der Waals surface area contributed by atoms with Crippen LogP contribution in [-0.4, -0.2) is 13.0 Å². The van der Waals surface area contributed by atoms with Crippen molar-refractivity contribution >= 4 is 29.2 Å². The van der Waals surface area contributed by atoms with Gasteiger partial charge in [0.15, 0.2) is 0 Å². The Hall–Kier alpha value is -0.435. The number of halogens is 1. The van der Waals surface area contributed by atoms with Gasteiger partial charge in [-0.1, -0.05) is 21.4 Å². The van der Waals surface area contributed by atoms with Gasteiger partial charge in [0.25, 0.3) is 0 Å². The molecule has 0 aliphatic heterocycles. The number of hydrogen-bond acceptors (Lipinski definition) is 1. The molecule has 0 saturated heterocycles. The molecule has 0 fully saturated rings.